The first-order valence-electron chi connectivity index (χ1n) is 5.72. The van der Waals surface area contributed by atoms with E-state index in [1.165, 1.54) is 0 Å². The van der Waals surface area contributed by atoms with E-state index in [4.69, 9.17) is 4.52 Å². The molecular weight excluding hydrogens is 232 g/mol. The topological polar surface area (TPSA) is 75.0 Å². The maximum Gasteiger partial charge on any atom is 0.256 e. The SMILES string of the molecule is Cc1noc(C(C)N(C)C(=O)c2cc[nH]c2C)n1. The monoisotopic (exact) mass is 248 g/mol. The van der Waals surface area contributed by atoms with Crippen molar-refractivity contribution in [1.82, 2.24) is 20.0 Å². The van der Waals surface area contributed by atoms with Gasteiger partial charge in [0, 0.05) is 18.9 Å². The zero-order valence-electron chi connectivity index (χ0n) is 10.9. The minimum absolute atomic E-state index is 0.0721. The predicted octanol–water partition coefficient (Wildman–Crippen LogP) is 1.85. The third-order valence-electron chi connectivity index (χ3n) is 2.99. The molecule has 0 bridgehead atoms. The van der Waals surface area contributed by atoms with Crippen LogP contribution in [0.4, 0.5) is 0 Å². The Morgan fingerprint density at radius 2 is 2.22 bits per heavy atom. The smallest absolute Gasteiger partial charge is 0.256 e. The van der Waals surface area contributed by atoms with Gasteiger partial charge in [0.2, 0.25) is 5.89 Å². The molecule has 0 spiro atoms. The largest absolute Gasteiger partial charge is 0.365 e. The van der Waals surface area contributed by atoms with E-state index in [-0.39, 0.29) is 11.9 Å². The van der Waals surface area contributed by atoms with E-state index in [0.717, 1.165) is 5.69 Å². The van der Waals surface area contributed by atoms with Gasteiger partial charge in [0.05, 0.1) is 5.56 Å². The van der Waals surface area contributed by atoms with E-state index in [2.05, 4.69) is 15.1 Å². The van der Waals surface area contributed by atoms with Gasteiger partial charge in [-0.15, -0.1) is 0 Å². The van der Waals surface area contributed by atoms with E-state index in [1.54, 1.807) is 31.1 Å². The van der Waals surface area contributed by atoms with E-state index in [1.807, 2.05) is 13.8 Å². The molecule has 2 rings (SSSR count). The molecule has 2 heterocycles. The molecule has 0 aliphatic heterocycles. The highest BCUT2D eigenvalue weighted by Gasteiger charge is 2.24. The summed E-state index contributed by atoms with van der Waals surface area (Å²) in [5, 5.41) is 3.73. The summed E-state index contributed by atoms with van der Waals surface area (Å²) in [6, 6.07) is 1.51. The minimum atomic E-state index is -0.256. The highest BCUT2D eigenvalue weighted by molar-refractivity contribution is 5.95. The first kappa shape index (κ1) is 12.3. The van der Waals surface area contributed by atoms with Crippen molar-refractivity contribution < 1.29 is 9.32 Å². The van der Waals surface area contributed by atoms with Crippen molar-refractivity contribution in [3.63, 3.8) is 0 Å². The fourth-order valence-electron chi connectivity index (χ4n) is 1.70. The molecule has 0 saturated heterocycles. The Morgan fingerprint density at radius 1 is 1.50 bits per heavy atom. The lowest BCUT2D eigenvalue weighted by Gasteiger charge is -2.21. The summed E-state index contributed by atoms with van der Waals surface area (Å²) in [5.41, 5.74) is 1.50. The van der Waals surface area contributed by atoms with Crippen molar-refractivity contribution in [3.05, 3.63) is 35.2 Å². The quantitative estimate of drug-likeness (QED) is 0.899. The lowest BCUT2D eigenvalue weighted by atomic mass is 10.2. The number of aromatic nitrogens is 3. The van der Waals surface area contributed by atoms with Gasteiger partial charge in [-0.2, -0.15) is 4.98 Å². The molecule has 96 valence electrons. The molecule has 0 aromatic carbocycles. The number of aryl methyl sites for hydroxylation is 2. The minimum Gasteiger partial charge on any atom is -0.365 e. The Kier molecular flexibility index (Phi) is 3.18. The van der Waals surface area contributed by atoms with Crippen molar-refractivity contribution >= 4 is 5.91 Å². The summed E-state index contributed by atoms with van der Waals surface area (Å²) in [6.07, 6.45) is 1.75. The second-order valence-electron chi connectivity index (χ2n) is 4.29. The van der Waals surface area contributed by atoms with Crippen molar-refractivity contribution in [1.29, 1.82) is 0 Å². The second kappa shape index (κ2) is 4.64. The highest BCUT2D eigenvalue weighted by Crippen LogP contribution is 2.20. The third-order valence-corrected chi connectivity index (χ3v) is 2.99. The Hall–Kier alpha value is -2.11. The van der Waals surface area contributed by atoms with Crippen molar-refractivity contribution in [2.75, 3.05) is 7.05 Å². The fraction of sp³-hybridized carbons (Fsp3) is 0.417. The molecule has 2 aromatic rings. The van der Waals surface area contributed by atoms with E-state index >= 15 is 0 Å². The van der Waals surface area contributed by atoms with Gasteiger partial charge in [-0.3, -0.25) is 4.79 Å². The zero-order chi connectivity index (χ0) is 13.3. The normalized spacial score (nSPS) is 12.4. The average Bonchev–Trinajstić information content (AvgIpc) is 2.95. The van der Waals surface area contributed by atoms with Crippen LogP contribution in [0.1, 0.15) is 40.7 Å². The molecule has 0 aliphatic rings. The number of rotatable bonds is 3. The van der Waals surface area contributed by atoms with Gasteiger partial charge >= 0.3 is 0 Å². The summed E-state index contributed by atoms with van der Waals surface area (Å²) in [7, 11) is 1.72. The molecule has 6 nitrogen and oxygen atoms in total. The number of aromatic amines is 1. The number of nitrogens with zero attached hydrogens (tertiary/aromatic N) is 3. The van der Waals surface area contributed by atoms with Crippen LogP contribution in [0.15, 0.2) is 16.8 Å². The van der Waals surface area contributed by atoms with Crippen LogP contribution in [0.3, 0.4) is 0 Å². The van der Waals surface area contributed by atoms with Crippen molar-refractivity contribution in [3.8, 4) is 0 Å². The van der Waals surface area contributed by atoms with Crippen LogP contribution in [0.5, 0.6) is 0 Å². The van der Waals surface area contributed by atoms with Crippen LogP contribution < -0.4 is 0 Å². The molecule has 6 heteroatoms. The second-order valence-corrected chi connectivity index (χ2v) is 4.29. The fourth-order valence-corrected chi connectivity index (χ4v) is 1.70. The number of hydrogen-bond acceptors (Lipinski definition) is 4. The summed E-state index contributed by atoms with van der Waals surface area (Å²) in [6.45, 7) is 5.47. The number of carbonyl (C=O) groups excluding carboxylic acids is 1. The van der Waals surface area contributed by atoms with E-state index < -0.39 is 0 Å². The predicted molar refractivity (Wildman–Crippen MR) is 65.1 cm³/mol. The van der Waals surface area contributed by atoms with Crippen molar-refractivity contribution in [2.24, 2.45) is 0 Å². The Labute approximate surface area is 105 Å². The highest BCUT2D eigenvalue weighted by atomic mass is 16.5. The lowest BCUT2D eigenvalue weighted by molar-refractivity contribution is 0.0715. The zero-order valence-corrected chi connectivity index (χ0v) is 10.9. The van der Waals surface area contributed by atoms with E-state index in [9.17, 15) is 4.79 Å². The van der Waals surface area contributed by atoms with Crippen LogP contribution in [0, 0.1) is 13.8 Å². The summed E-state index contributed by atoms with van der Waals surface area (Å²) >= 11 is 0. The van der Waals surface area contributed by atoms with Crippen LogP contribution >= 0.6 is 0 Å². The molecule has 0 fully saturated rings. The van der Waals surface area contributed by atoms with Gasteiger partial charge in [-0.05, 0) is 26.8 Å². The van der Waals surface area contributed by atoms with Gasteiger partial charge in [0.15, 0.2) is 5.82 Å². The number of nitrogens with one attached hydrogen (secondary N) is 1. The summed E-state index contributed by atoms with van der Waals surface area (Å²) in [4.78, 5) is 21.0. The molecule has 0 aliphatic carbocycles. The van der Waals surface area contributed by atoms with Gasteiger partial charge < -0.3 is 14.4 Å². The van der Waals surface area contributed by atoms with Crippen LogP contribution in [-0.2, 0) is 0 Å². The third kappa shape index (κ3) is 2.13. The number of H-pyrrole nitrogens is 1. The molecular formula is C12H16N4O2. The maximum atomic E-state index is 12.3. The summed E-state index contributed by atoms with van der Waals surface area (Å²) < 4.78 is 5.08. The molecule has 18 heavy (non-hydrogen) atoms. The van der Waals surface area contributed by atoms with Crippen molar-refractivity contribution in [2.45, 2.75) is 26.8 Å². The molecule has 1 N–H and O–H groups in total. The van der Waals surface area contributed by atoms with Gasteiger partial charge in [-0.1, -0.05) is 5.16 Å². The summed E-state index contributed by atoms with van der Waals surface area (Å²) in [5.74, 6) is 0.934. The standard InChI is InChI=1S/C12H16N4O2/c1-7-10(5-6-13-7)12(17)16(4)8(2)11-14-9(3)15-18-11/h5-6,8,13H,1-4H3. The van der Waals surface area contributed by atoms with Gasteiger partial charge in [0.25, 0.3) is 5.91 Å². The number of amides is 1. The molecule has 0 radical (unpaired) electrons. The Morgan fingerprint density at radius 3 is 2.72 bits per heavy atom. The Bertz CT molecular complexity index is 558. The van der Waals surface area contributed by atoms with Crippen LogP contribution in [-0.4, -0.2) is 33.0 Å². The Balaban J connectivity index is 2.19. The number of carbonyl (C=O) groups is 1. The lowest BCUT2D eigenvalue weighted by Crippen LogP contribution is -2.30. The molecule has 1 unspecified atom stereocenters. The van der Waals surface area contributed by atoms with Gasteiger partial charge in [0.1, 0.15) is 6.04 Å². The molecule has 2 aromatic heterocycles. The maximum absolute atomic E-state index is 12.3. The average molecular weight is 248 g/mol. The van der Waals surface area contributed by atoms with Gasteiger partial charge in [-0.25, -0.2) is 0 Å². The van der Waals surface area contributed by atoms with Crippen LogP contribution in [0.25, 0.3) is 0 Å². The van der Waals surface area contributed by atoms with E-state index in [0.29, 0.717) is 17.3 Å². The first-order chi connectivity index (χ1) is 8.50. The molecule has 1 atom stereocenters. The molecule has 1 amide bonds. The first-order valence-corrected chi connectivity index (χ1v) is 5.72. The van der Waals surface area contributed by atoms with Crippen LogP contribution in [0.2, 0.25) is 0 Å². The number of hydrogen-bond donors (Lipinski definition) is 1. The molecule has 0 saturated carbocycles.